The van der Waals surface area contributed by atoms with E-state index in [4.69, 9.17) is 4.74 Å². The summed E-state index contributed by atoms with van der Waals surface area (Å²) in [7, 11) is -1.24. The van der Waals surface area contributed by atoms with Crippen molar-refractivity contribution < 1.29 is 43.0 Å². The van der Waals surface area contributed by atoms with Crippen LogP contribution in [0.4, 0.5) is 13.2 Å². The zero-order valence-electron chi connectivity index (χ0n) is 16.6. The quantitative estimate of drug-likeness (QED) is 0.285. The average Bonchev–Trinajstić information content (AvgIpc) is 2.61. The number of ketones is 1. The topological polar surface area (TPSA) is 26.3 Å². The molecule has 7 heteroatoms. The Kier molecular flexibility index (Phi) is 10.2. The standard InChI is InChI=1S/C20H22F3O2P.Li.H/c1-2-3-5-10-18(19(24)15-8-6-4-7-9-15)25-16-11-13-17(14-12-16)26-20(21,22)23;;/h4,6-9,11-14,18,26H,2-3,5,10H2,1H3;;/q;+1;-1. The predicted molar refractivity (Wildman–Crippen MR) is 101 cm³/mol. The number of unbranched alkanes of at least 4 members (excludes halogenated alkanes) is 2. The van der Waals surface area contributed by atoms with E-state index in [1.165, 1.54) is 24.3 Å². The van der Waals surface area contributed by atoms with E-state index in [2.05, 4.69) is 6.92 Å². The van der Waals surface area contributed by atoms with Gasteiger partial charge in [0, 0.05) is 14.1 Å². The number of carbonyl (C=O) groups excluding carboxylic acids is 1. The van der Waals surface area contributed by atoms with Crippen LogP contribution in [0.25, 0.3) is 0 Å². The number of carbonyl (C=O) groups is 1. The largest absolute Gasteiger partial charge is 1.00 e. The molecule has 0 aliphatic rings. The molecule has 0 saturated carbocycles. The van der Waals surface area contributed by atoms with Gasteiger partial charge in [0.15, 0.2) is 6.10 Å². The summed E-state index contributed by atoms with van der Waals surface area (Å²) in [4.78, 5) is 12.7. The van der Waals surface area contributed by atoms with Crippen LogP contribution in [0, 0.1) is 0 Å². The molecule has 2 atom stereocenters. The van der Waals surface area contributed by atoms with Crippen LogP contribution in [0.5, 0.6) is 5.75 Å². The monoisotopic (exact) mass is 390 g/mol. The number of benzene rings is 2. The van der Waals surface area contributed by atoms with Gasteiger partial charge in [-0.1, -0.05) is 62.2 Å². The summed E-state index contributed by atoms with van der Waals surface area (Å²) < 4.78 is 43.2. The van der Waals surface area contributed by atoms with Gasteiger partial charge in [-0.3, -0.25) is 4.79 Å². The fourth-order valence-corrected chi connectivity index (χ4v) is 3.22. The second-order valence-electron chi connectivity index (χ2n) is 5.98. The summed E-state index contributed by atoms with van der Waals surface area (Å²) in [6.07, 6.45) is 2.81. The summed E-state index contributed by atoms with van der Waals surface area (Å²) in [5.74, 6) is -3.91. The number of rotatable bonds is 9. The van der Waals surface area contributed by atoms with Crippen molar-refractivity contribution in [3.05, 3.63) is 60.2 Å². The normalized spacial score (nSPS) is 12.6. The molecule has 0 N–H and O–H groups in total. The van der Waals surface area contributed by atoms with Crippen LogP contribution in [0.3, 0.4) is 0 Å². The Bertz CT molecular complexity index is 697. The summed E-state index contributed by atoms with van der Waals surface area (Å²) in [6, 6.07) is 14.7. The van der Waals surface area contributed by atoms with Crippen LogP contribution < -0.4 is 28.9 Å². The molecule has 0 saturated heterocycles. The number of hydrogen-bond acceptors (Lipinski definition) is 2. The van der Waals surface area contributed by atoms with E-state index in [-0.39, 0.29) is 31.4 Å². The molecule has 27 heavy (non-hydrogen) atoms. The van der Waals surface area contributed by atoms with Gasteiger partial charge in [-0.15, -0.1) is 0 Å². The van der Waals surface area contributed by atoms with Gasteiger partial charge in [-0.2, -0.15) is 13.2 Å². The van der Waals surface area contributed by atoms with Crippen molar-refractivity contribution in [1.82, 2.24) is 0 Å². The van der Waals surface area contributed by atoms with Crippen LogP contribution in [0.1, 0.15) is 44.4 Å². The van der Waals surface area contributed by atoms with Gasteiger partial charge in [0.25, 0.3) is 0 Å². The zero-order valence-corrected chi connectivity index (χ0v) is 16.6. The Hall–Kier alpha value is -1.27. The number of ether oxygens (including phenoxy) is 1. The third-order valence-corrected chi connectivity index (χ3v) is 4.74. The molecule has 0 fully saturated rings. The van der Waals surface area contributed by atoms with Crippen molar-refractivity contribution in [2.75, 3.05) is 0 Å². The Labute approximate surface area is 173 Å². The Morgan fingerprint density at radius 3 is 2.26 bits per heavy atom. The van der Waals surface area contributed by atoms with E-state index < -0.39 is 20.6 Å². The maximum Gasteiger partial charge on any atom is 1.00 e. The molecule has 0 aliphatic heterocycles. The molecule has 2 nitrogen and oxygen atoms in total. The summed E-state index contributed by atoms with van der Waals surface area (Å²) in [5.41, 5.74) is 0.573. The molecule has 0 spiro atoms. The van der Waals surface area contributed by atoms with Crippen LogP contribution >= 0.6 is 8.58 Å². The first-order valence-corrected chi connectivity index (χ1v) is 9.60. The Balaban J connectivity index is 0.00000364. The molecule has 142 valence electrons. The zero-order chi connectivity index (χ0) is 19.0. The first-order valence-electron chi connectivity index (χ1n) is 8.60. The fraction of sp³-hybridized carbons (Fsp3) is 0.350. The van der Waals surface area contributed by atoms with E-state index in [9.17, 15) is 18.0 Å². The third kappa shape index (κ3) is 8.52. The van der Waals surface area contributed by atoms with Gasteiger partial charge < -0.3 is 6.16 Å². The van der Waals surface area contributed by atoms with E-state index in [1.54, 1.807) is 24.3 Å². The summed E-state index contributed by atoms with van der Waals surface area (Å²) >= 11 is 0. The maximum absolute atomic E-state index is 12.7. The molecule has 2 aromatic carbocycles. The molecule has 0 bridgehead atoms. The third-order valence-electron chi connectivity index (χ3n) is 3.84. The van der Waals surface area contributed by atoms with Crippen LogP contribution in [-0.2, 0) is 0 Å². The fourth-order valence-electron chi connectivity index (χ4n) is 2.56. The molecule has 2 aromatic rings. The van der Waals surface area contributed by atoms with E-state index in [1.807, 2.05) is 6.07 Å². The average molecular weight is 390 g/mol. The molecule has 2 rings (SSSR count). The van der Waals surface area contributed by atoms with Gasteiger partial charge >= 0.3 is 24.8 Å². The number of Topliss-reactive ketones (excluding diaryl/α,β-unsaturated/α-hetero) is 1. The molecule has 0 heterocycles. The number of halogens is 3. The predicted octanol–water partition coefficient (Wildman–Crippen LogP) is 2.84. The Morgan fingerprint density at radius 2 is 1.70 bits per heavy atom. The summed E-state index contributed by atoms with van der Waals surface area (Å²) in [6.45, 7) is 2.08. The summed E-state index contributed by atoms with van der Waals surface area (Å²) in [5, 5.41) is 0.196. The van der Waals surface area contributed by atoms with E-state index in [0.717, 1.165) is 19.3 Å². The molecule has 0 amide bonds. The minimum atomic E-state index is -4.21. The number of hydrogen-bond donors (Lipinski definition) is 0. The van der Waals surface area contributed by atoms with Crippen LogP contribution in [-0.4, -0.2) is 17.8 Å². The molecule has 0 aromatic heterocycles. The molecular weight excluding hydrogens is 367 g/mol. The van der Waals surface area contributed by atoms with Crippen molar-refractivity contribution >= 4 is 19.7 Å². The van der Waals surface area contributed by atoms with Crippen molar-refractivity contribution in [1.29, 1.82) is 0 Å². The Morgan fingerprint density at radius 1 is 1.07 bits per heavy atom. The second-order valence-corrected chi connectivity index (χ2v) is 7.37. The molecule has 0 aliphatic carbocycles. The first kappa shape index (κ1) is 23.8. The van der Waals surface area contributed by atoms with Crippen LogP contribution in [0.15, 0.2) is 54.6 Å². The second kappa shape index (κ2) is 11.5. The van der Waals surface area contributed by atoms with Gasteiger partial charge in [0.1, 0.15) is 5.75 Å². The maximum atomic E-state index is 12.7. The number of alkyl halides is 3. The van der Waals surface area contributed by atoms with Gasteiger partial charge in [-0.05, 0) is 30.3 Å². The van der Waals surface area contributed by atoms with E-state index >= 15 is 0 Å². The molecule has 2 unspecified atom stereocenters. The van der Waals surface area contributed by atoms with E-state index in [0.29, 0.717) is 17.7 Å². The molecular formula is C20H23F3LiO2P. The van der Waals surface area contributed by atoms with Crippen molar-refractivity contribution in [2.24, 2.45) is 0 Å². The van der Waals surface area contributed by atoms with Crippen LogP contribution in [0.2, 0.25) is 0 Å². The minimum absolute atomic E-state index is 0. The van der Waals surface area contributed by atoms with Gasteiger partial charge in [0.05, 0.1) is 0 Å². The molecule has 0 radical (unpaired) electrons. The van der Waals surface area contributed by atoms with Gasteiger partial charge in [0.2, 0.25) is 5.78 Å². The van der Waals surface area contributed by atoms with Crippen molar-refractivity contribution in [2.45, 2.75) is 44.6 Å². The van der Waals surface area contributed by atoms with Gasteiger partial charge in [-0.25, -0.2) is 0 Å². The van der Waals surface area contributed by atoms with Crippen molar-refractivity contribution in [3.63, 3.8) is 0 Å². The smallest absolute Gasteiger partial charge is 1.00 e. The van der Waals surface area contributed by atoms with Crippen molar-refractivity contribution in [3.8, 4) is 5.75 Å². The minimum Gasteiger partial charge on any atom is -1.00 e. The first-order chi connectivity index (χ1) is 12.4. The SMILES string of the molecule is CCCCCC(Oc1ccc(PC(F)(F)F)cc1)C(=O)c1ccccc1.[H-].[Li+].